The lowest BCUT2D eigenvalue weighted by atomic mass is 9.95. The number of ether oxygens (including phenoxy) is 1. The maximum absolute atomic E-state index is 13.5. The number of sulfonamides is 1. The van der Waals surface area contributed by atoms with Gasteiger partial charge in [0.15, 0.2) is 0 Å². The molecule has 2 fully saturated rings. The number of amides is 1. The molecule has 0 unspecified atom stereocenters. The highest BCUT2D eigenvalue weighted by Crippen LogP contribution is 2.32. The van der Waals surface area contributed by atoms with Crippen molar-refractivity contribution in [2.75, 3.05) is 13.7 Å². The molecule has 2 saturated carbocycles. The average molecular weight is 443 g/mol. The normalized spacial score (nSPS) is 19.3. The molecule has 1 amide bonds. The molecule has 3 rings (SSSR count). The number of halogens is 1. The van der Waals surface area contributed by atoms with Gasteiger partial charge < -0.3 is 10.1 Å². The van der Waals surface area contributed by atoms with E-state index in [1.54, 1.807) is 6.07 Å². The van der Waals surface area contributed by atoms with E-state index in [-0.39, 0.29) is 34.5 Å². The van der Waals surface area contributed by atoms with Crippen LogP contribution in [0.25, 0.3) is 0 Å². The van der Waals surface area contributed by atoms with E-state index in [0.717, 1.165) is 57.8 Å². The largest absolute Gasteiger partial charge is 0.495 e. The predicted molar refractivity (Wildman–Crippen MR) is 114 cm³/mol. The van der Waals surface area contributed by atoms with Gasteiger partial charge in [0.05, 0.1) is 23.6 Å². The number of carbonyl (C=O) groups is 1. The second kappa shape index (κ2) is 10.1. The monoisotopic (exact) mass is 442 g/mol. The van der Waals surface area contributed by atoms with Crippen LogP contribution in [0.1, 0.15) is 64.2 Å². The first-order valence-electron chi connectivity index (χ1n) is 10.6. The highest BCUT2D eigenvalue weighted by atomic mass is 35.5. The van der Waals surface area contributed by atoms with Gasteiger partial charge in [-0.15, -0.1) is 0 Å². The Balaban J connectivity index is 1.81. The van der Waals surface area contributed by atoms with E-state index in [2.05, 4.69) is 5.32 Å². The minimum Gasteiger partial charge on any atom is -0.495 e. The number of nitrogens with zero attached hydrogens (tertiary/aromatic N) is 1. The molecular formula is C21H31ClN2O4S. The zero-order valence-electron chi connectivity index (χ0n) is 17.0. The van der Waals surface area contributed by atoms with Gasteiger partial charge in [-0.1, -0.05) is 50.1 Å². The number of carbonyl (C=O) groups excluding carboxylic acids is 1. The van der Waals surface area contributed by atoms with Crippen LogP contribution < -0.4 is 10.1 Å². The molecule has 8 heteroatoms. The summed E-state index contributed by atoms with van der Waals surface area (Å²) in [6, 6.07) is 4.45. The summed E-state index contributed by atoms with van der Waals surface area (Å²) in [6.07, 6.45) is 9.97. The fraction of sp³-hybridized carbons (Fsp3) is 0.667. The zero-order valence-corrected chi connectivity index (χ0v) is 18.6. The Bertz CT molecular complexity index is 803. The summed E-state index contributed by atoms with van der Waals surface area (Å²) in [6.45, 7) is -0.146. The first-order valence-corrected chi connectivity index (χ1v) is 12.4. The van der Waals surface area contributed by atoms with E-state index in [9.17, 15) is 13.2 Å². The topological polar surface area (TPSA) is 75.7 Å². The molecule has 6 nitrogen and oxygen atoms in total. The highest BCUT2D eigenvalue weighted by Gasteiger charge is 2.34. The second-order valence-corrected chi connectivity index (χ2v) is 10.3. The lowest BCUT2D eigenvalue weighted by Gasteiger charge is -2.33. The smallest absolute Gasteiger partial charge is 0.243 e. The van der Waals surface area contributed by atoms with Gasteiger partial charge in [0.1, 0.15) is 5.75 Å². The number of nitrogens with one attached hydrogen (secondary N) is 1. The third kappa shape index (κ3) is 5.64. The third-order valence-electron chi connectivity index (χ3n) is 5.98. The fourth-order valence-corrected chi connectivity index (χ4v) is 6.37. The van der Waals surface area contributed by atoms with Crippen LogP contribution in [0.3, 0.4) is 0 Å². The SMILES string of the molecule is COc1ccc(S(=O)(=O)N(CC(=O)NC2CCCCC2)C2CCCCC2)cc1Cl. The molecule has 0 aliphatic heterocycles. The van der Waals surface area contributed by atoms with E-state index in [0.29, 0.717) is 5.75 Å². The first kappa shape index (κ1) is 22.4. The second-order valence-electron chi connectivity index (χ2n) is 8.04. The molecule has 2 aliphatic rings. The van der Waals surface area contributed by atoms with Crippen LogP contribution in [0.2, 0.25) is 5.02 Å². The standard InChI is InChI=1S/C21H31ClN2O4S/c1-28-20-13-12-18(14-19(20)22)29(26,27)24(17-10-6-3-7-11-17)15-21(25)23-16-8-4-2-5-9-16/h12-14,16-17H,2-11,15H2,1H3,(H,23,25). The van der Waals surface area contributed by atoms with Gasteiger partial charge in [0, 0.05) is 12.1 Å². The molecule has 0 saturated heterocycles. The first-order chi connectivity index (χ1) is 13.9. The summed E-state index contributed by atoms with van der Waals surface area (Å²) >= 11 is 6.17. The summed E-state index contributed by atoms with van der Waals surface area (Å²) < 4.78 is 33.4. The maximum atomic E-state index is 13.5. The Morgan fingerprint density at radius 2 is 1.72 bits per heavy atom. The number of methoxy groups -OCH3 is 1. The third-order valence-corrected chi connectivity index (χ3v) is 8.17. The van der Waals surface area contributed by atoms with Gasteiger partial charge in [0.2, 0.25) is 15.9 Å². The summed E-state index contributed by atoms with van der Waals surface area (Å²) in [5.74, 6) is 0.204. The molecule has 0 heterocycles. The molecule has 0 spiro atoms. The van der Waals surface area contributed by atoms with Crippen molar-refractivity contribution in [3.05, 3.63) is 23.2 Å². The van der Waals surface area contributed by atoms with Crippen LogP contribution in [-0.2, 0) is 14.8 Å². The summed E-state index contributed by atoms with van der Waals surface area (Å²) in [5.41, 5.74) is 0. The Kier molecular flexibility index (Phi) is 7.82. The molecule has 1 aromatic carbocycles. The molecular weight excluding hydrogens is 412 g/mol. The molecule has 162 valence electrons. The molecule has 0 atom stereocenters. The van der Waals surface area contributed by atoms with Crippen LogP contribution in [0.15, 0.2) is 23.1 Å². The van der Waals surface area contributed by atoms with E-state index in [1.807, 2.05) is 0 Å². The van der Waals surface area contributed by atoms with Gasteiger partial charge in [-0.05, 0) is 43.9 Å². The minimum absolute atomic E-state index is 0.0966. The lowest BCUT2D eigenvalue weighted by molar-refractivity contribution is -0.122. The molecule has 29 heavy (non-hydrogen) atoms. The Hall–Kier alpha value is -1.31. The van der Waals surface area contributed by atoms with Crippen molar-refractivity contribution in [2.24, 2.45) is 0 Å². The van der Waals surface area contributed by atoms with E-state index >= 15 is 0 Å². The van der Waals surface area contributed by atoms with Gasteiger partial charge in [-0.25, -0.2) is 8.42 Å². The summed E-state index contributed by atoms with van der Waals surface area (Å²) in [5, 5.41) is 3.29. The molecule has 1 N–H and O–H groups in total. The predicted octanol–water partition coefficient (Wildman–Crippen LogP) is 4.12. The van der Waals surface area contributed by atoms with Crippen molar-refractivity contribution in [2.45, 2.75) is 81.2 Å². The number of rotatable bonds is 7. The summed E-state index contributed by atoms with van der Waals surface area (Å²) in [4.78, 5) is 12.8. The van der Waals surface area contributed by atoms with Gasteiger partial charge >= 0.3 is 0 Å². The van der Waals surface area contributed by atoms with E-state index in [4.69, 9.17) is 16.3 Å². The zero-order chi connectivity index (χ0) is 20.9. The Morgan fingerprint density at radius 3 is 2.31 bits per heavy atom. The van der Waals surface area contributed by atoms with Crippen LogP contribution >= 0.6 is 11.6 Å². The van der Waals surface area contributed by atoms with E-state index < -0.39 is 10.0 Å². The lowest BCUT2D eigenvalue weighted by Crippen LogP contribution is -2.49. The average Bonchev–Trinajstić information content (AvgIpc) is 2.73. The maximum Gasteiger partial charge on any atom is 0.243 e. The van der Waals surface area contributed by atoms with Crippen molar-refractivity contribution in [3.63, 3.8) is 0 Å². The van der Waals surface area contributed by atoms with E-state index in [1.165, 1.54) is 30.0 Å². The van der Waals surface area contributed by atoms with Crippen molar-refractivity contribution < 1.29 is 17.9 Å². The molecule has 0 aromatic heterocycles. The molecule has 1 aromatic rings. The molecule has 0 bridgehead atoms. The van der Waals surface area contributed by atoms with Crippen LogP contribution in [-0.4, -0.2) is 44.4 Å². The van der Waals surface area contributed by atoms with Crippen molar-refractivity contribution in [1.82, 2.24) is 9.62 Å². The van der Waals surface area contributed by atoms with Gasteiger partial charge in [-0.3, -0.25) is 4.79 Å². The van der Waals surface area contributed by atoms with Crippen LogP contribution in [0.4, 0.5) is 0 Å². The van der Waals surface area contributed by atoms with Crippen LogP contribution in [0, 0.1) is 0 Å². The van der Waals surface area contributed by atoms with Crippen LogP contribution in [0.5, 0.6) is 5.75 Å². The fourth-order valence-electron chi connectivity index (χ4n) is 4.38. The summed E-state index contributed by atoms with van der Waals surface area (Å²) in [7, 11) is -2.37. The quantitative estimate of drug-likeness (QED) is 0.689. The van der Waals surface area contributed by atoms with Gasteiger partial charge in [-0.2, -0.15) is 4.31 Å². The van der Waals surface area contributed by atoms with Crippen molar-refractivity contribution >= 4 is 27.5 Å². The Labute approximate surface area is 179 Å². The minimum atomic E-state index is -3.85. The van der Waals surface area contributed by atoms with Gasteiger partial charge in [0.25, 0.3) is 0 Å². The van der Waals surface area contributed by atoms with Crippen molar-refractivity contribution in [1.29, 1.82) is 0 Å². The molecule has 0 radical (unpaired) electrons. The number of benzene rings is 1. The highest BCUT2D eigenvalue weighted by molar-refractivity contribution is 7.89. The molecule has 2 aliphatic carbocycles. The number of hydrogen-bond donors (Lipinski definition) is 1. The number of hydrogen-bond acceptors (Lipinski definition) is 4. The Morgan fingerprint density at radius 1 is 1.10 bits per heavy atom. The van der Waals surface area contributed by atoms with Crippen molar-refractivity contribution in [3.8, 4) is 5.75 Å².